The van der Waals surface area contributed by atoms with Crippen LogP contribution >= 0.6 is 11.6 Å². The molecule has 0 saturated heterocycles. The molecule has 0 unspecified atom stereocenters. The summed E-state index contributed by atoms with van der Waals surface area (Å²) >= 11 is 5.92. The topological polar surface area (TPSA) is 79.3 Å². The Morgan fingerprint density at radius 3 is 2.67 bits per heavy atom. The predicted molar refractivity (Wildman–Crippen MR) is 81.9 cm³/mol. The number of aliphatic hydroxyl groups excluding tert-OH is 1. The fourth-order valence-corrected chi connectivity index (χ4v) is 3.54. The van der Waals surface area contributed by atoms with Crippen molar-refractivity contribution in [3.8, 4) is 0 Å². The van der Waals surface area contributed by atoms with Crippen LogP contribution < -0.4 is 4.72 Å². The van der Waals surface area contributed by atoms with Crippen LogP contribution in [0.3, 0.4) is 0 Å². The molecule has 0 aliphatic rings. The molecule has 21 heavy (non-hydrogen) atoms. The largest absolute Gasteiger partial charge is 0.392 e. The molecule has 0 atom stereocenters. The van der Waals surface area contributed by atoms with Crippen molar-refractivity contribution in [3.63, 3.8) is 0 Å². The van der Waals surface area contributed by atoms with E-state index in [0.717, 1.165) is 5.56 Å². The van der Waals surface area contributed by atoms with E-state index in [1.807, 2.05) is 0 Å². The van der Waals surface area contributed by atoms with Crippen molar-refractivity contribution in [2.24, 2.45) is 0 Å². The maximum Gasteiger partial charge on any atom is 0.263 e. The number of hydrogen-bond acceptors (Lipinski definition) is 4. The van der Waals surface area contributed by atoms with E-state index in [1.54, 1.807) is 32.0 Å². The summed E-state index contributed by atoms with van der Waals surface area (Å²) in [6, 6.07) is 6.36. The second-order valence-corrected chi connectivity index (χ2v) is 6.69. The number of nitrogens with zero attached hydrogens (tertiary/aromatic N) is 1. The van der Waals surface area contributed by atoms with E-state index in [1.165, 1.54) is 12.3 Å². The first-order chi connectivity index (χ1) is 9.85. The zero-order valence-electron chi connectivity index (χ0n) is 11.6. The first kappa shape index (κ1) is 15.8. The predicted octanol–water partition coefficient (Wildman–Crippen LogP) is 2.64. The van der Waals surface area contributed by atoms with Crippen LogP contribution in [0.15, 0.2) is 35.4 Å². The van der Waals surface area contributed by atoms with Gasteiger partial charge in [-0.2, -0.15) is 0 Å². The lowest BCUT2D eigenvalue weighted by Crippen LogP contribution is -2.16. The second kappa shape index (κ2) is 6.01. The van der Waals surface area contributed by atoms with Crippen LogP contribution in [0.5, 0.6) is 0 Å². The van der Waals surface area contributed by atoms with Gasteiger partial charge in [-0.1, -0.05) is 17.7 Å². The second-order valence-electron chi connectivity index (χ2n) is 4.63. The number of pyridine rings is 1. The van der Waals surface area contributed by atoms with Gasteiger partial charge in [0.2, 0.25) is 0 Å². The zero-order chi connectivity index (χ0) is 15.6. The molecule has 2 aromatic rings. The molecular weight excluding hydrogens is 312 g/mol. The first-order valence-corrected chi connectivity index (χ1v) is 8.05. The summed E-state index contributed by atoms with van der Waals surface area (Å²) < 4.78 is 27.4. The highest BCUT2D eigenvalue weighted by molar-refractivity contribution is 7.92. The third kappa shape index (κ3) is 3.34. The average molecular weight is 327 g/mol. The van der Waals surface area contributed by atoms with Crippen molar-refractivity contribution in [2.75, 3.05) is 4.72 Å². The molecule has 112 valence electrons. The van der Waals surface area contributed by atoms with Gasteiger partial charge in [0, 0.05) is 6.20 Å². The Morgan fingerprint density at radius 2 is 2.05 bits per heavy atom. The molecule has 1 aromatic carbocycles. The van der Waals surface area contributed by atoms with Gasteiger partial charge in [0.25, 0.3) is 10.0 Å². The number of aromatic nitrogens is 1. The molecule has 0 radical (unpaired) electrons. The monoisotopic (exact) mass is 326 g/mol. The highest BCUT2D eigenvalue weighted by Crippen LogP contribution is 2.25. The fraction of sp³-hybridized carbons (Fsp3) is 0.214. The third-order valence-electron chi connectivity index (χ3n) is 3.14. The molecule has 0 saturated carbocycles. The summed E-state index contributed by atoms with van der Waals surface area (Å²) in [7, 11) is -3.83. The number of anilines is 1. The van der Waals surface area contributed by atoms with Crippen molar-refractivity contribution in [3.05, 3.63) is 52.2 Å². The highest BCUT2D eigenvalue weighted by atomic mass is 35.5. The molecular formula is C14H15ClN2O3S. The minimum absolute atomic E-state index is 0.0746. The van der Waals surface area contributed by atoms with E-state index in [0.29, 0.717) is 11.1 Å². The number of sulfonamides is 1. The zero-order valence-corrected chi connectivity index (χ0v) is 13.2. The van der Waals surface area contributed by atoms with Gasteiger partial charge >= 0.3 is 0 Å². The lowest BCUT2D eigenvalue weighted by molar-refractivity contribution is 0.281. The Kier molecular flexibility index (Phi) is 4.51. The van der Waals surface area contributed by atoms with Crippen LogP contribution in [-0.2, 0) is 16.6 Å². The molecule has 5 nitrogen and oxygen atoms in total. The van der Waals surface area contributed by atoms with Gasteiger partial charge in [-0.25, -0.2) is 13.4 Å². The van der Waals surface area contributed by atoms with Crippen molar-refractivity contribution in [1.29, 1.82) is 0 Å². The molecule has 0 spiro atoms. The van der Waals surface area contributed by atoms with Crippen molar-refractivity contribution in [1.82, 2.24) is 4.98 Å². The van der Waals surface area contributed by atoms with Crippen LogP contribution in [0.4, 0.5) is 5.82 Å². The number of benzene rings is 1. The van der Waals surface area contributed by atoms with Crippen LogP contribution in [0.1, 0.15) is 16.7 Å². The average Bonchev–Trinajstić information content (AvgIpc) is 2.43. The Hall–Kier alpha value is -1.63. The third-order valence-corrected chi connectivity index (χ3v) is 4.91. The van der Waals surface area contributed by atoms with Crippen LogP contribution in [0.2, 0.25) is 5.02 Å². The minimum Gasteiger partial charge on any atom is -0.392 e. The van der Waals surface area contributed by atoms with Gasteiger partial charge in [0.1, 0.15) is 0 Å². The molecule has 0 bridgehead atoms. The maximum absolute atomic E-state index is 12.5. The van der Waals surface area contributed by atoms with E-state index in [4.69, 9.17) is 11.6 Å². The van der Waals surface area contributed by atoms with Gasteiger partial charge < -0.3 is 5.11 Å². The summed E-state index contributed by atoms with van der Waals surface area (Å²) in [5.74, 6) is 0.0746. The maximum atomic E-state index is 12.5. The molecule has 2 rings (SSSR count). The SMILES string of the molecule is Cc1cc(CO)cc(S(=O)(=O)Nc2ncccc2Cl)c1C. The van der Waals surface area contributed by atoms with Crippen LogP contribution in [0.25, 0.3) is 0 Å². The van der Waals surface area contributed by atoms with E-state index in [9.17, 15) is 13.5 Å². The van der Waals surface area contributed by atoms with Crippen molar-refractivity contribution >= 4 is 27.4 Å². The van der Waals surface area contributed by atoms with Gasteiger partial charge in [-0.05, 0) is 48.7 Å². The standard InChI is InChI=1S/C14H15ClN2O3S/c1-9-6-11(8-18)7-13(10(9)2)21(19,20)17-14-12(15)4-3-5-16-14/h3-7,18H,8H2,1-2H3,(H,16,17). The number of aliphatic hydroxyl groups is 1. The summed E-state index contributed by atoms with van der Waals surface area (Å²) in [5.41, 5.74) is 1.94. The van der Waals surface area contributed by atoms with Crippen LogP contribution in [0, 0.1) is 13.8 Å². The van der Waals surface area contributed by atoms with E-state index < -0.39 is 10.0 Å². The molecule has 0 amide bonds. The van der Waals surface area contributed by atoms with E-state index >= 15 is 0 Å². The van der Waals surface area contributed by atoms with Gasteiger partial charge in [0.05, 0.1) is 16.5 Å². The molecule has 7 heteroatoms. The lowest BCUT2D eigenvalue weighted by Gasteiger charge is -2.13. The first-order valence-electron chi connectivity index (χ1n) is 6.19. The number of halogens is 1. The van der Waals surface area contributed by atoms with Crippen molar-refractivity contribution in [2.45, 2.75) is 25.3 Å². The molecule has 1 aromatic heterocycles. The number of nitrogens with one attached hydrogen (secondary N) is 1. The quantitative estimate of drug-likeness (QED) is 0.905. The highest BCUT2D eigenvalue weighted by Gasteiger charge is 2.20. The number of aryl methyl sites for hydroxylation is 1. The molecule has 1 heterocycles. The van der Waals surface area contributed by atoms with Gasteiger partial charge in [-0.15, -0.1) is 0 Å². The molecule has 0 fully saturated rings. The minimum atomic E-state index is -3.83. The smallest absolute Gasteiger partial charge is 0.263 e. The normalized spacial score (nSPS) is 11.4. The molecule has 0 aliphatic heterocycles. The van der Waals surface area contributed by atoms with Gasteiger partial charge in [-0.3, -0.25) is 4.72 Å². The Morgan fingerprint density at radius 1 is 1.33 bits per heavy atom. The van der Waals surface area contributed by atoms with Gasteiger partial charge in [0.15, 0.2) is 5.82 Å². The Bertz CT molecular complexity index is 776. The molecule has 2 N–H and O–H groups in total. The lowest BCUT2D eigenvalue weighted by atomic mass is 10.1. The van der Waals surface area contributed by atoms with Crippen molar-refractivity contribution < 1.29 is 13.5 Å². The van der Waals surface area contributed by atoms with E-state index in [2.05, 4.69) is 9.71 Å². The van der Waals surface area contributed by atoms with Crippen LogP contribution in [-0.4, -0.2) is 18.5 Å². The molecule has 0 aliphatic carbocycles. The van der Waals surface area contributed by atoms with E-state index in [-0.39, 0.29) is 22.3 Å². The Balaban J connectivity index is 2.50. The summed E-state index contributed by atoms with van der Waals surface area (Å²) in [5, 5.41) is 9.44. The summed E-state index contributed by atoms with van der Waals surface area (Å²) in [4.78, 5) is 4.02. The number of rotatable bonds is 4. The summed E-state index contributed by atoms with van der Waals surface area (Å²) in [6.07, 6.45) is 1.45. The summed E-state index contributed by atoms with van der Waals surface area (Å²) in [6.45, 7) is 3.28. The fourth-order valence-electron chi connectivity index (χ4n) is 1.91. The Labute approximate surface area is 128 Å². The number of hydrogen-bond donors (Lipinski definition) is 2.